The molecule has 0 heterocycles. The topological polar surface area (TPSA) is 87.0 Å². The summed E-state index contributed by atoms with van der Waals surface area (Å²) < 4.78 is 101. The van der Waals surface area contributed by atoms with Gasteiger partial charge in [0.05, 0.1) is 16.0 Å². The average molecular weight is 363 g/mol. The number of alkyl halides is 6. The third kappa shape index (κ3) is 5.10. The summed E-state index contributed by atoms with van der Waals surface area (Å²) in [5, 5.41) is 0. The van der Waals surface area contributed by atoms with Crippen molar-refractivity contribution in [2.45, 2.75) is 23.7 Å². The lowest BCUT2D eigenvalue weighted by atomic mass is 10.1. The Morgan fingerprint density at radius 2 is 1.43 bits per heavy atom. The van der Waals surface area contributed by atoms with Gasteiger partial charge in [0, 0.05) is 6.42 Å². The predicted octanol–water partition coefficient (Wildman–Crippen LogP) is 2.97. The third-order valence-corrected chi connectivity index (χ3v) is 3.82. The Morgan fingerprint density at radius 3 is 1.78 bits per heavy atom. The molecule has 0 aliphatic carbocycles. The van der Waals surface area contributed by atoms with Crippen molar-refractivity contribution in [3.8, 4) is 0 Å². The minimum Gasteiger partial charge on any atom is -0.677 e. The number of hydrogen-bond donors (Lipinski definition) is 1. The van der Waals surface area contributed by atoms with Crippen LogP contribution < -0.4 is 4.72 Å². The smallest absolute Gasteiger partial charge is 0.416 e. The second-order valence-electron chi connectivity index (χ2n) is 4.27. The van der Waals surface area contributed by atoms with Gasteiger partial charge in [0.15, 0.2) is 0 Å². The monoisotopic (exact) mass is 363 g/mol. The van der Waals surface area contributed by atoms with Crippen molar-refractivity contribution < 1.29 is 39.6 Å². The minimum atomic E-state index is -5.21. The summed E-state index contributed by atoms with van der Waals surface area (Å²) in [4.78, 5) is 9.79. The van der Waals surface area contributed by atoms with Crippen molar-refractivity contribution in [2.75, 3.05) is 6.54 Å². The van der Waals surface area contributed by atoms with E-state index in [1.54, 1.807) is 0 Å². The van der Waals surface area contributed by atoms with Crippen LogP contribution in [0, 0.1) is 0 Å². The van der Waals surface area contributed by atoms with Gasteiger partial charge in [-0.25, -0.2) is 13.1 Å². The Balaban J connectivity index is 3.43. The van der Waals surface area contributed by atoms with E-state index < -0.39 is 57.3 Å². The zero-order valence-corrected chi connectivity index (χ0v) is 11.9. The number of sulfonamides is 1. The maximum atomic E-state index is 12.6. The van der Waals surface area contributed by atoms with Gasteiger partial charge in [-0.2, -0.15) is 26.3 Å². The molecule has 0 aliphatic heterocycles. The van der Waals surface area contributed by atoms with Crippen LogP contribution in [0.5, 0.6) is 0 Å². The van der Waals surface area contributed by atoms with Crippen molar-refractivity contribution in [3.05, 3.63) is 35.1 Å². The van der Waals surface area contributed by atoms with Crippen LogP contribution in [0.3, 0.4) is 0 Å². The molecule has 0 fully saturated rings. The molecule has 0 bridgehead atoms. The van der Waals surface area contributed by atoms with Crippen molar-refractivity contribution in [1.29, 1.82) is 0 Å². The zero-order chi connectivity index (χ0) is 18.1. The van der Waals surface area contributed by atoms with E-state index in [1.807, 2.05) is 0 Å². The highest BCUT2D eigenvalue weighted by Crippen LogP contribution is 2.37. The molecule has 5 nitrogen and oxygen atoms in total. The van der Waals surface area contributed by atoms with E-state index in [9.17, 15) is 39.6 Å². The molecule has 130 valence electrons. The quantitative estimate of drug-likeness (QED) is 0.835. The average Bonchev–Trinajstić information content (AvgIpc) is 2.35. The van der Waals surface area contributed by atoms with E-state index in [0.29, 0.717) is 0 Å². The number of nitrogens with one attached hydrogen (secondary N) is 2. The van der Waals surface area contributed by atoms with Gasteiger partial charge in [0.1, 0.15) is 0 Å². The van der Waals surface area contributed by atoms with Crippen LogP contribution in [-0.4, -0.2) is 20.9 Å². The summed E-state index contributed by atoms with van der Waals surface area (Å²) in [6.07, 6.45) is -11.0. The SMILES string of the molecule is [NH-]CCC(=O)NS(=O)(=O)c1cc(C(F)(F)F)cc(C(F)(F)F)c1. The zero-order valence-electron chi connectivity index (χ0n) is 11.0. The summed E-state index contributed by atoms with van der Waals surface area (Å²) in [5.41, 5.74) is 3.09. The van der Waals surface area contributed by atoms with Crippen molar-refractivity contribution in [2.24, 2.45) is 0 Å². The molecule has 0 saturated heterocycles. The summed E-state index contributed by atoms with van der Waals surface area (Å²) in [6.45, 7) is -0.502. The third-order valence-electron chi connectivity index (χ3n) is 2.47. The molecular weight excluding hydrogens is 354 g/mol. The molecule has 0 aromatic heterocycles. The second-order valence-corrected chi connectivity index (χ2v) is 5.95. The van der Waals surface area contributed by atoms with Crippen LogP contribution in [-0.2, 0) is 27.2 Å². The summed E-state index contributed by atoms with van der Waals surface area (Å²) in [7, 11) is -4.93. The van der Waals surface area contributed by atoms with E-state index in [1.165, 1.54) is 4.72 Å². The Kier molecular flexibility index (Phi) is 5.31. The number of carbonyl (C=O) groups is 1. The van der Waals surface area contributed by atoms with Gasteiger partial charge in [-0.1, -0.05) is 0 Å². The lowest BCUT2D eigenvalue weighted by Gasteiger charge is -2.14. The van der Waals surface area contributed by atoms with Crippen molar-refractivity contribution >= 4 is 15.9 Å². The minimum absolute atomic E-state index is 0.00838. The molecule has 0 radical (unpaired) electrons. The van der Waals surface area contributed by atoms with Gasteiger partial charge in [0.25, 0.3) is 10.0 Å². The highest BCUT2D eigenvalue weighted by molar-refractivity contribution is 7.90. The fourth-order valence-corrected chi connectivity index (χ4v) is 2.54. The van der Waals surface area contributed by atoms with Crippen LogP contribution in [0.15, 0.2) is 23.1 Å². The molecule has 0 unspecified atom stereocenters. The van der Waals surface area contributed by atoms with Gasteiger partial charge in [-0.05, 0) is 18.2 Å². The number of carbonyl (C=O) groups excluding carboxylic acids is 1. The van der Waals surface area contributed by atoms with Crippen LogP contribution in [0.1, 0.15) is 17.5 Å². The fourth-order valence-electron chi connectivity index (χ4n) is 1.45. The molecule has 2 N–H and O–H groups in total. The van der Waals surface area contributed by atoms with Gasteiger partial charge in [-0.15, -0.1) is 6.54 Å². The van der Waals surface area contributed by atoms with E-state index in [2.05, 4.69) is 0 Å². The first-order valence-electron chi connectivity index (χ1n) is 5.77. The van der Waals surface area contributed by atoms with Gasteiger partial charge in [-0.3, -0.25) is 4.79 Å². The first kappa shape index (κ1) is 19.2. The molecule has 12 heteroatoms. The molecule has 23 heavy (non-hydrogen) atoms. The summed E-state index contributed by atoms with van der Waals surface area (Å²) >= 11 is 0. The lowest BCUT2D eigenvalue weighted by molar-refractivity contribution is -0.143. The number of amides is 1. The Bertz CT molecular complexity index is 664. The van der Waals surface area contributed by atoms with Crippen LogP contribution in [0.4, 0.5) is 26.3 Å². The van der Waals surface area contributed by atoms with E-state index in [4.69, 9.17) is 5.73 Å². The van der Waals surface area contributed by atoms with E-state index >= 15 is 0 Å². The van der Waals surface area contributed by atoms with Gasteiger partial charge >= 0.3 is 12.4 Å². The highest BCUT2D eigenvalue weighted by atomic mass is 32.2. The van der Waals surface area contributed by atoms with Crippen LogP contribution in [0.2, 0.25) is 0 Å². The number of benzene rings is 1. The number of halogens is 6. The molecular formula is C11H9F6N2O3S-. The van der Waals surface area contributed by atoms with Crippen LogP contribution in [0.25, 0.3) is 5.73 Å². The maximum Gasteiger partial charge on any atom is 0.416 e. The number of rotatable bonds is 4. The molecule has 1 aromatic carbocycles. The molecule has 1 rings (SSSR count). The van der Waals surface area contributed by atoms with E-state index in [0.717, 1.165) is 0 Å². The lowest BCUT2D eigenvalue weighted by Crippen LogP contribution is -2.31. The molecule has 0 spiro atoms. The Hall–Kier alpha value is -1.82. The number of hydrogen-bond acceptors (Lipinski definition) is 3. The molecule has 0 saturated carbocycles. The standard InChI is InChI=1S/C11H9F6N2O3S/c12-10(13,14)6-3-7(11(15,16)17)5-8(4-6)23(21,22)19-9(20)1-2-18/h3-5,18H,1-2H2,(H,19,20)/q-1. The molecule has 0 atom stereocenters. The van der Waals surface area contributed by atoms with E-state index in [-0.39, 0.29) is 18.2 Å². The maximum absolute atomic E-state index is 12.6. The Labute approximate surface area is 126 Å². The normalized spacial score (nSPS) is 13.0. The van der Waals surface area contributed by atoms with Crippen molar-refractivity contribution in [1.82, 2.24) is 4.72 Å². The highest BCUT2D eigenvalue weighted by Gasteiger charge is 2.38. The van der Waals surface area contributed by atoms with Gasteiger partial charge in [0.2, 0.25) is 5.91 Å². The Morgan fingerprint density at radius 1 is 1.00 bits per heavy atom. The van der Waals surface area contributed by atoms with Gasteiger partial charge < -0.3 is 5.73 Å². The summed E-state index contributed by atoms with van der Waals surface area (Å²) in [6, 6.07) is -0.248. The van der Waals surface area contributed by atoms with Crippen molar-refractivity contribution in [3.63, 3.8) is 0 Å². The molecule has 1 aromatic rings. The summed E-state index contributed by atoms with van der Waals surface area (Å²) in [5.74, 6) is -1.22. The van der Waals surface area contributed by atoms with Crippen LogP contribution >= 0.6 is 0 Å². The first-order valence-corrected chi connectivity index (χ1v) is 7.25. The predicted molar refractivity (Wildman–Crippen MR) is 65.6 cm³/mol. The largest absolute Gasteiger partial charge is 0.677 e. The molecule has 1 amide bonds. The molecule has 0 aliphatic rings. The first-order chi connectivity index (χ1) is 10.3. The second kappa shape index (κ2) is 6.35. The fraction of sp³-hybridized carbons (Fsp3) is 0.364.